The summed E-state index contributed by atoms with van der Waals surface area (Å²) in [6.07, 6.45) is 0. The van der Waals surface area contributed by atoms with E-state index in [9.17, 15) is 4.39 Å². The number of hydrogen-bond acceptors (Lipinski definition) is 0. The van der Waals surface area contributed by atoms with Crippen molar-refractivity contribution in [2.45, 2.75) is 19.6 Å². The molecule has 1 aromatic carbocycles. The lowest BCUT2D eigenvalue weighted by Crippen LogP contribution is -2.39. The third-order valence-electron chi connectivity index (χ3n) is 1.99. The molecule has 1 rings (SSSR count). The van der Waals surface area contributed by atoms with Crippen molar-refractivity contribution in [3.8, 4) is 0 Å². The minimum absolute atomic E-state index is 0.303. The standard InChI is InChI=1S/C9H12Cl2FPSi/c1-14(2,3)7-4-5-8(12)9(6-7)13(10)11/h4-6H,1-3H3. The van der Waals surface area contributed by atoms with Gasteiger partial charge in [-0.05, 0) is 12.1 Å². The molecule has 0 bridgehead atoms. The highest BCUT2D eigenvalue weighted by molar-refractivity contribution is 8.08. The van der Waals surface area contributed by atoms with Crippen molar-refractivity contribution in [2.24, 2.45) is 0 Å². The Hall–Kier alpha value is 0.377. The molecule has 0 unspecified atom stereocenters. The summed E-state index contributed by atoms with van der Waals surface area (Å²) in [7, 11) is -1.41. The Balaban J connectivity index is 3.20. The van der Waals surface area contributed by atoms with Crippen molar-refractivity contribution in [3.63, 3.8) is 0 Å². The van der Waals surface area contributed by atoms with Gasteiger partial charge >= 0.3 is 0 Å². The summed E-state index contributed by atoms with van der Waals surface area (Å²) < 4.78 is 13.3. The maximum Gasteiger partial charge on any atom is 0.133 e. The molecule has 0 nitrogen and oxygen atoms in total. The van der Waals surface area contributed by atoms with Gasteiger partial charge in [0.15, 0.2) is 0 Å². The largest absolute Gasteiger partial charge is 0.206 e. The fourth-order valence-corrected chi connectivity index (χ4v) is 3.64. The fraction of sp³-hybridized carbons (Fsp3) is 0.333. The predicted molar refractivity (Wildman–Crippen MR) is 67.6 cm³/mol. The average molecular weight is 269 g/mol. The molecule has 0 aliphatic heterocycles. The lowest BCUT2D eigenvalue weighted by atomic mass is 10.3. The number of benzene rings is 1. The van der Waals surface area contributed by atoms with Crippen LogP contribution < -0.4 is 10.5 Å². The first-order chi connectivity index (χ1) is 6.32. The van der Waals surface area contributed by atoms with Crippen molar-refractivity contribution >= 4 is 47.7 Å². The Kier molecular flexibility index (Phi) is 3.99. The highest BCUT2D eigenvalue weighted by atomic mass is 35.9. The van der Waals surface area contributed by atoms with Crippen LogP contribution in [0.25, 0.3) is 0 Å². The summed E-state index contributed by atoms with van der Waals surface area (Å²) in [5.41, 5.74) is 0. The van der Waals surface area contributed by atoms with Crippen molar-refractivity contribution < 1.29 is 4.39 Å². The van der Waals surface area contributed by atoms with Crippen molar-refractivity contribution in [1.29, 1.82) is 0 Å². The van der Waals surface area contributed by atoms with E-state index in [1.165, 1.54) is 11.3 Å². The van der Waals surface area contributed by atoms with E-state index in [4.69, 9.17) is 22.5 Å². The molecule has 0 fully saturated rings. The summed E-state index contributed by atoms with van der Waals surface area (Å²) in [5.74, 6) is -0.303. The molecule has 0 atom stereocenters. The monoisotopic (exact) mass is 268 g/mol. The first kappa shape index (κ1) is 12.4. The van der Waals surface area contributed by atoms with Gasteiger partial charge < -0.3 is 0 Å². The zero-order valence-corrected chi connectivity index (χ0v) is 11.7. The van der Waals surface area contributed by atoms with Crippen LogP contribution in [-0.4, -0.2) is 8.07 Å². The van der Waals surface area contributed by atoms with Crippen LogP contribution in [0.3, 0.4) is 0 Å². The highest BCUT2D eigenvalue weighted by Gasteiger charge is 2.19. The van der Waals surface area contributed by atoms with E-state index in [1.54, 1.807) is 0 Å². The van der Waals surface area contributed by atoms with E-state index in [2.05, 4.69) is 19.6 Å². The first-order valence-corrected chi connectivity index (χ1v) is 10.9. The lowest BCUT2D eigenvalue weighted by Gasteiger charge is -2.18. The van der Waals surface area contributed by atoms with Crippen LogP contribution in [-0.2, 0) is 0 Å². The second-order valence-corrected chi connectivity index (χ2v) is 12.7. The zero-order chi connectivity index (χ0) is 10.9. The van der Waals surface area contributed by atoms with Gasteiger partial charge in [0.05, 0.1) is 8.07 Å². The summed E-state index contributed by atoms with van der Waals surface area (Å²) in [6, 6.07) is 5.11. The van der Waals surface area contributed by atoms with Crippen molar-refractivity contribution in [3.05, 3.63) is 24.0 Å². The van der Waals surface area contributed by atoms with Crippen LogP contribution >= 0.6 is 29.1 Å². The van der Waals surface area contributed by atoms with E-state index in [0.29, 0.717) is 5.30 Å². The van der Waals surface area contributed by atoms with Gasteiger partial charge in [0, 0.05) is 5.30 Å². The van der Waals surface area contributed by atoms with Crippen molar-refractivity contribution in [2.75, 3.05) is 0 Å². The van der Waals surface area contributed by atoms with Gasteiger partial charge in [0.1, 0.15) is 12.4 Å². The number of halogens is 3. The van der Waals surface area contributed by atoms with Crippen LogP contribution in [0, 0.1) is 5.82 Å². The second-order valence-electron chi connectivity index (χ2n) is 4.15. The summed E-state index contributed by atoms with van der Waals surface area (Å²) >= 11 is 11.5. The highest BCUT2D eigenvalue weighted by Crippen LogP contribution is 2.45. The maximum absolute atomic E-state index is 13.3. The third-order valence-corrected chi connectivity index (χ3v) is 5.84. The summed E-state index contributed by atoms with van der Waals surface area (Å²) in [5, 5.41) is 1.63. The van der Waals surface area contributed by atoms with E-state index in [-0.39, 0.29) is 5.82 Å². The van der Waals surface area contributed by atoms with Crippen LogP contribution in [0.2, 0.25) is 19.6 Å². The molecule has 0 heterocycles. The first-order valence-electron chi connectivity index (χ1n) is 4.24. The van der Waals surface area contributed by atoms with Gasteiger partial charge in [0.2, 0.25) is 0 Å². The van der Waals surface area contributed by atoms with Crippen LogP contribution in [0.4, 0.5) is 4.39 Å². The third kappa shape index (κ3) is 2.93. The van der Waals surface area contributed by atoms with Gasteiger partial charge in [-0.1, -0.05) is 53.4 Å². The maximum atomic E-state index is 13.3. The number of hydrogen-bond donors (Lipinski definition) is 0. The van der Waals surface area contributed by atoms with Crippen molar-refractivity contribution in [1.82, 2.24) is 0 Å². The quantitative estimate of drug-likeness (QED) is 0.566. The van der Waals surface area contributed by atoms with Gasteiger partial charge in [0.25, 0.3) is 0 Å². The van der Waals surface area contributed by atoms with Gasteiger partial charge in [-0.25, -0.2) is 4.39 Å². The van der Waals surface area contributed by atoms with E-state index in [1.807, 2.05) is 12.1 Å². The average Bonchev–Trinajstić information content (AvgIpc) is 2.02. The molecule has 0 N–H and O–H groups in total. The molecule has 0 saturated heterocycles. The number of rotatable bonds is 2. The van der Waals surface area contributed by atoms with E-state index >= 15 is 0 Å². The molecule has 0 spiro atoms. The molecule has 0 amide bonds. The molecule has 0 aliphatic rings. The Morgan fingerprint density at radius 3 is 2.21 bits per heavy atom. The second kappa shape index (κ2) is 4.48. The molecule has 0 aromatic heterocycles. The molecule has 14 heavy (non-hydrogen) atoms. The Labute approximate surface area is 95.8 Å². The van der Waals surface area contributed by atoms with Crippen LogP contribution in [0.5, 0.6) is 0 Å². The predicted octanol–water partition coefficient (Wildman–Crippen LogP) is 3.79. The van der Waals surface area contributed by atoms with Crippen LogP contribution in [0.15, 0.2) is 18.2 Å². The molecule has 78 valence electrons. The van der Waals surface area contributed by atoms with Crippen LogP contribution in [0.1, 0.15) is 0 Å². The zero-order valence-electron chi connectivity index (χ0n) is 8.31. The van der Waals surface area contributed by atoms with Gasteiger partial charge in [-0.15, -0.1) is 0 Å². The lowest BCUT2D eigenvalue weighted by molar-refractivity contribution is 0.637. The topological polar surface area (TPSA) is 0 Å². The Morgan fingerprint density at radius 1 is 1.21 bits per heavy atom. The molecule has 0 saturated carbocycles. The molecular formula is C9H12Cl2FPSi. The molecule has 5 heteroatoms. The fourth-order valence-electron chi connectivity index (χ4n) is 1.11. The summed E-state index contributed by atoms with van der Waals surface area (Å²) in [4.78, 5) is 0. The van der Waals surface area contributed by atoms with E-state index in [0.717, 1.165) is 0 Å². The Morgan fingerprint density at radius 2 is 1.79 bits per heavy atom. The minimum Gasteiger partial charge on any atom is -0.206 e. The van der Waals surface area contributed by atoms with Gasteiger partial charge in [-0.2, -0.15) is 0 Å². The van der Waals surface area contributed by atoms with E-state index < -0.39 is 14.7 Å². The smallest absolute Gasteiger partial charge is 0.133 e. The summed E-state index contributed by atoms with van der Waals surface area (Å²) in [6.45, 7) is 5.22. The Bertz CT molecular complexity index is 336. The molecular weight excluding hydrogens is 257 g/mol. The minimum atomic E-state index is -1.41. The normalized spacial score (nSPS) is 12.2. The molecule has 0 aliphatic carbocycles. The molecule has 1 aromatic rings. The van der Waals surface area contributed by atoms with Gasteiger partial charge in [-0.3, -0.25) is 0 Å². The molecule has 0 radical (unpaired) electrons. The SMILES string of the molecule is C[Si](C)(C)c1ccc(F)c(P(Cl)Cl)c1.